The molecule has 6 N–H and O–H groups in total. The van der Waals surface area contributed by atoms with Crippen LogP contribution in [-0.2, 0) is 23.8 Å². The Bertz CT molecular complexity index is 1180. The molecule has 1 aliphatic rings. The van der Waals surface area contributed by atoms with E-state index in [2.05, 4.69) is 31.3 Å². The molecule has 0 bridgehead atoms. The second-order valence-electron chi connectivity index (χ2n) is 20.0. The average molecular weight is 966 g/mol. The molecule has 1 rings (SSSR count). The molecular formula is C57H107NO10. The molecule has 0 radical (unpaired) electrons. The van der Waals surface area contributed by atoms with Crippen LogP contribution in [0.4, 0.5) is 0 Å². The summed E-state index contributed by atoms with van der Waals surface area (Å²) >= 11 is 0. The maximum Gasteiger partial charge on any atom is 0.305 e. The van der Waals surface area contributed by atoms with Crippen molar-refractivity contribution in [2.24, 2.45) is 0 Å². The van der Waals surface area contributed by atoms with E-state index in [4.69, 9.17) is 14.2 Å². The third kappa shape index (κ3) is 37.0. The molecule has 0 aromatic carbocycles. The molecule has 0 aromatic heterocycles. The Kier molecular flexibility index (Phi) is 44.8. The minimum absolute atomic E-state index is 0.0239. The Morgan fingerprint density at radius 3 is 1.46 bits per heavy atom. The van der Waals surface area contributed by atoms with Crippen LogP contribution in [0.3, 0.4) is 0 Å². The van der Waals surface area contributed by atoms with Gasteiger partial charge in [-0.25, -0.2) is 0 Å². The SMILES string of the molecule is CCCCCCCCCCC/C=C/CC/C=C/C(O)C(COC1OC(CO)C(O)C(O)C1O)NC(=O)CCCCCCCCCCCCCCCCOC(=O)CCCCCCCCCCCCC. The summed E-state index contributed by atoms with van der Waals surface area (Å²) in [7, 11) is 0. The summed E-state index contributed by atoms with van der Waals surface area (Å²) in [5, 5.41) is 54.4. The lowest BCUT2D eigenvalue weighted by Crippen LogP contribution is -2.60. The van der Waals surface area contributed by atoms with Crippen LogP contribution < -0.4 is 5.32 Å². The van der Waals surface area contributed by atoms with Gasteiger partial charge >= 0.3 is 5.97 Å². The molecule has 11 heteroatoms. The number of esters is 1. The number of amides is 1. The summed E-state index contributed by atoms with van der Waals surface area (Å²) < 4.78 is 16.7. The van der Waals surface area contributed by atoms with E-state index >= 15 is 0 Å². The zero-order chi connectivity index (χ0) is 49.6. The van der Waals surface area contributed by atoms with Crippen molar-refractivity contribution in [2.75, 3.05) is 19.8 Å². The smallest absolute Gasteiger partial charge is 0.305 e. The van der Waals surface area contributed by atoms with Crippen LogP contribution >= 0.6 is 0 Å². The van der Waals surface area contributed by atoms with E-state index in [1.807, 2.05) is 6.08 Å². The van der Waals surface area contributed by atoms with Crippen molar-refractivity contribution < 1.29 is 49.3 Å². The third-order valence-electron chi connectivity index (χ3n) is 13.6. The van der Waals surface area contributed by atoms with Gasteiger partial charge in [0.25, 0.3) is 0 Å². The van der Waals surface area contributed by atoms with E-state index in [1.165, 1.54) is 167 Å². The van der Waals surface area contributed by atoms with Gasteiger partial charge < -0.3 is 45.1 Å². The Labute approximate surface area is 416 Å². The standard InChI is InChI=1S/C57H107NO10/c1-3-5-7-9-11-13-15-16-17-20-24-27-31-35-39-43-50(60)49(48-67-57-56(65)55(64)54(63)51(47-59)68-57)58-52(61)44-40-36-32-28-25-21-18-19-22-26-30-34-38-42-46-66-53(62)45-41-37-33-29-23-14-12-10-8-6-4-2/h24,27,39,43,49-51,54-57,59-60,63-65H,3-23,25-26,28-38,40-42,44-48H2,1-2H3,(H,58,61)/b27-24+,43-39+. The van der Waals surface area contributed by atoms with Crippen molar-refractivity contribution in [1.29, 1.82) is 0 Å². The van der Waals surface area contributed by atoms with Gasteiger partial charge in [0.15, 0.2) is 6.29 Å². The number of aliphatic hydroxyl groups is 5. The van der Waals surface area contributed by atoms with Gasteiger partial charge in [0.05, 0.1) is 32.0 Å². The van der Waals surface area contributed by atoms with Gasteiger partial charge in [0, 0.05) is 12.8 Å². The highest BCUT2D eigenvalue weighted by molar-refractivity contribution is 5.76. The van der Waals surface area contributed by atoms with Crippen molar-refractivity contribution in [3.05, 3.63) is 24.3 Å². The first-order valence-electron chi connectivity index (χ1n) is 28.6. The molecule has 1 aliphatic heterocycles. The number of hydrogen-bond acceptors (Lipinski definition) is 10. The van der Waals surface area contributed by atoms with E-state index in [0.29, 0.717) is 19.4 Å². The summed E-state index contributed by atoms with van der Waals surface area (Å²) in [5.41, 5.74) is 0. The first-order chi connectivity index (χ1) is 33.2. The Balaban J connectivity index is 2.18. The highest BCUT2D eigenvalue weighted by Crippen LogP contribution is 2.23. The van der Waals surface area contributed by atoms with Crippen LogP contribution in [-0.4, -0.2) is 100 Å². The molecule has 0 saturated carbocycles. The molecule has 1 heterocycles. The lowest BCUT2D eigenvalue weighted by Gasteiger charge is -2.40. The van der Waals surface area contributed by atoms with E-state index in [0.717, 1.165) is 70.6 Å². The largest absolute Gasteiger partial charge is 0.466 e. The van der Waals surface area contributed by atoms with Gasteiger partial charge in [-0.1, -0.05) is 231 Å². The molecule has 0 aromatic rings. The second kappa shape index (κ2) is 47.5. The summed E-state index contributed by atoms with van der Waals surface area (Å²) in [6.07, 6.45) is 45.3. The molecule has 1 saturated heterocycles. The van der Waals surface area contributed by atoms with Gasteiger partial charge in [0.2, 0.25) is 5.91 Å². The fraction of sp³-hybridized carbons (Fsp3) is 0.895. The van der Waals surface area contributed by atoms with Crippen LogP contribution in [0.5, 0.6) is 0 Å². The minimum Gasteiger partial charge on any atom is -0.466 e. The van der Waals surface area contributed by atoms with E-state index in [9.17, 15) is 35.1 Å². The zero-order valence-corrected chi connectivity index (χ0v) is 43.8. The lowest BCUT2D eigenvalue weighted by molar-refractivity contribution is -0.302. The number of carbonyl (C=O) groups is 2. The van der Waals surface area contributed by atoms with Gasteiger partial charge in [-0.15, -0.1) is 0 Å². The predicted molar refractivity (Wildman–Crippen MR) is 278 cm³/mol. The highest BCUT2D eigenvalue weighted by atomic mass is 16.7. The van der Waals surface area contributed by atoms with Gasteiger partial charge in [-0.05, 0) is 44.9 Å². The molecule has 68 heavy (non-hydrogen) atoms. The summed E-state index contributed by atoms with van der Waals surface area (Å²) in [5.74, 6) is -0.225. The van der Waals surface area contributed by atoms with Crippen molar-refractivity contribution in [2.45, 2.75) is 307 Å². The van der Waals surface area contributed by atoms with Gasteiger partial charge in [0.1, 0.15) is 24.4 Å². The Morgan fingerprint density at radius 2 is 0.956 bits per heavy atom. The molecule has 0 spiro atoms. The van der Waals surface area contributed by atoms with Crippen molar-refractivity contribution >= 4 is 11.9 Å². The van der Waals surface area contributed by atoms with E-state index in [1.54, 1.807) is 6.08 Å². The molecule has 0 aliphatic carbocycles. The van der Waals surface area contributed by atoms with Crippen molar-refractivity contribution in [3.63, 3.8) is 0 Å². The van der Waals surface area contributed by atoms with Crippen LogP contribution in [0.1, 0.15) is 264 Å². The van der Waals surface area contributed by atoms with Crippen LogP contribution in [0.2, 0.25) is 0 Å². The molecule has 7 unspecified atom stereocenters. The van der Waals surface area contributed by atoms with E-state index < -0.39 is 49.5 Å². The highest BCUT2D eigenvalue weighted by Gasteiger charge is 2.44. The molecular weight excluding hydrogens is 859 g/mol. The quantitative estimate of drug-likeness (QED) is 0.0196. The maximum absolute atomic E-state index is 13.0. The summed E-state index contributed by atoms with van der Waals surface area (Å²) in [4.78, 5) is 25.1. The molecule has 400 valence electrons. The fourth-order valence-electron chi connectivity index (χ4n) is 8.98. The van der Waals surface area contributed by atoms with Crippen LogP contribution in [0, 0.1) is 0 Å². The number of unbranched alkanes of at least 4 members (excludes halogenated alkanes) is 33. The number of allylic oxidation sites excluding steroid dienone is 3. The topological polar surface area (TPSA) is 175 Å². The number of rotatable bonds is 49. The number of ether oxygens (including phenoxy) is 3. The monoisotopic (exact) mass is 966 g/mol. The summed E-state index contributed by atoms with van der Waals surface area (Å²) in [6, 6.07) is -0.835. The van der Waals surface area contributed by atoms with E-state index in [-0.39, 0.29) is 18.5 Å². The second-order valence-corrected chi connectivity index (χ2v) is 20.0. The Hall–Kier alpha value is -1.86. The molecule has 11 nitrogen and oxygen atoms in total. The molecule has 1 fully saturated rings. The zero-order valence-electron chi connectivity index (χ0n) is 43.8. The lowest BCUT2D eigenvalue weighted by atomic mass is 9.99. The van der Waals surface area contributed by atoms with Crippen molar-refractivity contribution in [3.8, 4) is 0 Å². The first-order valence-corrected chi connectivity index (χ1v) is 28.6. The van der Waals surface area contributed by atoms with Gasteiger partial charge in [-0.2, -0.15) is 0 Å². The van der Waals surface area contributed by atoms with Crippen molar-refractivity contribution in [1.82, 2.24) is 5.32 Å². The first kappa shape index (κ1) is 64.2. The summed E-state index contributed by atoms with van der Waals surface area (Å²) in [6.45, 7) is 4.29. The third-order valence-corrected chi connectivity index (χ3v) is 13.6. The fourth-order valence-corrected chi connectivity index (χ4v) is 8.98. The molecule has 7 atom stereocenters. The van der Waals surface area contributed by atoms with Gasteiger partial charge in [-0.3, -0.25) is 9.59 Å². The number of nitrogens with one attached hydrogen (secondary N) is 1. The normalized spacial score (nSPS) is 19.5. The van der Waals surface area contributed by atoms with Crippen LogP contribution in [0.15, 0.2) is 24.3 Å². The predicted octanol–water partition coefficient (Wildman–Crippen LogP) is 12.6. The number of aliphatic hydroxyl groups excluding tert-OH is 5. The average Bonchev–Trinajstić information content (AvgIpc) is 3.33. The number of hydrogen-bond donors (Lipinski definition) is 6. The van der Waals surface area contributed by atoms with Crippen LogP contribution in [0.25, 0.3) is 0 Å². The maximum atomic E-state index is 13.0. The minimum atomic E-state index is -1.58. The Morgan fingerprint density at radius 1 is 0.529 bits per heavy atom. The molecule has 1 amide bonds. The number of carbonyl (C=O) groups excluding carboxylic acids is 2.